The number of carbonyl (C=O) groups is 7. The van der Waals surface area contributed by atoms with E-state index in [4.69, 9.17) is 28.7 Å². The van der Waals surface area contributed by atoms with Gasteiger partial charge in [-0.1, -0.05) is 141 Å². The molecule has 0 bridgehead atoms. The van der Waals surface area contributed by atoms with Gasteiger partial charge in [-0.25, -0.2) is 4.79 Å². The summed E-state index contributed by atoms with van der Waals surface area (Å²) in [5, 5.41) is 27.0. The summed E-state index contributed by atoms with van der Waals surface area (Å²) < 4.78 is 0. The topological polar surface area (TPSA) is 342 Å². The number of hydrogen-bond donors (Lipinski definition) is 12. The molecule has 0 heterocycles. The minimum absolute atomic E-state index is 0.0668. The van der Waals surface area contributed by atoms with Crippen LogP contribution in [0.1, 0.15) is 270 Å². The number of aliphatic carboxylic acids is 1. The number of nitrogens with one attached hydrogen (secondary N) is 6. The summed E-state index contributed by atoms with van der Waals surface area (Å²) >= 11 is 0. The maximum atomic E-state index is 13.1. The van der Waals surface area contributed by atoms with E-state index in [0.29, 0.717) is 97.2 Å². The first-order valence-corrected chi connectivity index (χ1v) is 31.9. The van der Waals surface area contributed by atoms with Crippen LogP contribution in [0.25, 0.3) is 0 Å². The molecular formula is C60H119N11O8. The standard InChI is InChI=1S/C60H119N11O8/c61-43-29-25-36-50(65)57(75)66-47-33-19-13-7-1-4-10-16-22-40-54(72)69-51(37-26-30-44-62)58(76)67-48-34-20-14-8-2-5-11-17-23-41-55(73)70-52(38-27-31-45-63)59(77)68-49-35-21-15-9-3-6-12-18-24-42-56(74)71-53(60(78)79)39-28-32-46-64/h50-53H,1-49,61-65H2,(H,66,75)(H,67,76)(H,68,77)(H,69,72)(H,70,73)(H,71,74)(H,78,79). The van der Waals surface area contributed by atoms with Gasteiger partial charge >= 0.3 is 5.97 Å². The molecule has 0 saturated carbocycles. The average molecular weight is 1120 g/mol. The molecule has 19 nitrogen and oxygen atoms in total. The van der Waals surface area contributed by atoms with Crippen LogP contribution in [0.2, 0.25) is 0 Å². The van der Waals surface area contributed by atoms with E-state index in [-0.39, 0.29) is 35.4 Å². The van der Waals surface area contributed by atoms with Crippen molar-refractivity contribution in [3.05, 3.63) is 0 Å². The molecule has 79 heavy (non-hydrogen) atoms. The second kappa shape index (κ2) is 56.0. The van der Waals surface area contributed by atoms with Crippen molar-refractivity contribution < 1.29 is 38.7 Å². The van der Waals surface area contributed by atoms with Crippen molar-refractivity contribution in [2.24, 2.45) is 28.7 Å². The van der Waals surface area contributed by atoms with E-state index in [0.717, 1.165) is 205 Å². The molecule has 0 spiro atoms. The zero-order valence-electron chi connectivity index (χ0n) is 49.6. The van der Waals surface area contributed by atoms with E-state index >= 15 is 0 Å². The lowest BCUT2D eigenvalue weighted by Gasteiger charge is -2.18. The van der Waals surface area contributed by atoms with E-state index in [1.165, 1.54) is 12.8 Å². The number of carbonyl (C=O) groups excluding carboxylic acids is 6. The van der Waals surface area contributed by atoms with E-state index < -0.39 is 30.1 Å². The van der Waals surface area contributed by atoms with Crippen molar-refractivity contribution in [1.82, 2.24) is 31.9 Å². The molecule has 4 atom stereocenters. The lowest BCUT2D eigenvalue weighted by molar-refractivity contribution is -0.142. The summed E-state index contributed by atoms with van der Waals surface area (Å²) in [6.07, 6.45) is 37.6. The van der Waals surface area contributed by atoms with Gasteiger partial charge in [0.25, 0.3) is 0 Å². The Morgan fingerprint density at radius 2 is 0.532 bits per heavy atom. The van der Waals surface area contributed by atoms with Crippen LogP contribution in [0.15, 0.2) is 0 Å². The number of amides is 6. The Balaban J connectivity index is 4.10. The highest BCUT2D eigenvalue weighted by atomic mass is 16.4. The summed E-state index contributed by atoms with van der Waals surface area (Å²) in [4.78, 5) is 87.5. The highest BCUT2D eigenvalue weighted by molar-refractivity contribution is 5.88. The van der Waals surface area contributed by atoms with Gasteiger partial charge in [-0.05, 0) is 135 Å². The molecule has 0 fully saturated rings. The molecule has 0 saturated heterocycles. The van der Waals surface area contributed by atoms with Crippen molar-refractivity contribution in [3.63, 3.8) is 0 Å². The Hall–Kier alpha value is -3.91. The Morgan fingerprint density at radius 1 is 0.291 bits per heavy atom. The summed E-state index contributed by atoms with van der Waals surface area (Å²) in [6.45, 7) is 4.09. The van der Waals surface area contributed by atoms with Crippen molar-refractivity contribution in [3.8, 4) is 0 Å². The van der Waals surface area contributed by atoms with Crippen molar-refractivity contribution in [2.75, 3.05) is 45.8 Å². The molecule has 0 radical (unpaired) electrons. The van der Waals surface area contributed by atoms with Gasteiger partial charge in [0.2, 0.25) is 35.4 Å². The van der Waals surface area contributed by atoms with Gasteiger partial charge in [0.05, 0.1) is 6.04 Å². The second-order valence-corrected chi connectivity index (χ2v) is 22.1. The minimum atomic E-state index is -1.00. The molecule has 0 aliphatic carbocycles. The largest absolute Gasteiger partial charge is 0.480 e. The first kappa shape index (κ1) is 75.1. The van der Waals surface area contributed by atoms with Crippen LogP contribution >= 0.6 is 0 Å². The fourth-order valence-electron chi connectivity index (χ4n) is 9.67. The van der Waals surface area contributed by atoms with E-state index in [1.54, 1.807) is 0 Å². The second-order valence-electron chi connectivity index (χ2n) is 22.1. The lowest BCUT2D eigenvalue weighted by Crippen LogP contribution is -2.47. The predicted molar refractivity (Wildman–Crippen MR) is 321 cm³/mol. The smallest absolute Gasteiger partial charge is 0.326 e. The first-order valence-electron chi connectivity index (χ1n) is 31.9. The highest BCUT2D eigenvalue weighted by Crippen LogP contribution is 2.15. The number of carboxylic acid groups (broad SMARTS) is 1. The average Bonchev–Trinajstić information content (AvgIpc) is 3.42. The van der Waals surface area contributed by atoms with Crippen LogP contribution in [0.3, 0.4) is 0 Å². The van der Waals surface area contributed by atoms with Crippen molar-refractivity contribution in [2.45, 2.75) is 294 Å². The predicted octanol–water partition coefficient (Wildman–Crippen LogP) is 7.42. The third-order valence-electron chi connectivity index (χ3n) is 14.7. The zero-order chi connectivity index (χ0) is 58.2. The summed E-state index contributed by atoms with van der Waals surface area (Å²) in [5.41, 5.74) is 28.3. The third kappa shape index (κ3) is 48.5. The molecule has 6 amide bonds. The first-order chi connectivity index (χ1) is 38.4. The quantitative estimate of drug-likeness (QED) is 0.0264. The van der Waals surface area contributed by atoms with Crippen molar-refractivity contribution >= 4 is 41.4 Å². The fraction of sp³-hybridized carbons (Fsp3) is 0.883. The van der Waals surface area contributed by atoms with Gasteiger partial charge < -0.3 is 65.7 Å². The Kier molecular flexibility index (Phi) is 53.2. The fourth-order valence-corrected chi connectivity index (χ4v) is 9.67. The SMILES string of the molecule is NCCCCC(N)C(=O)NCCCCCCCCCCCC(=O)NC(CCCCN)C(=O)NCCCCCCCCCCCC(=O)NC(CCCCN)C(=O)NCCCCCCCCCCCC(=O)NC(CCCCN)C(=O)O. The van der Waals surface area contributed by atoms with Gasteiger partial charge in [0.1, 0.15) is 18.1 Å². The molecule has 19 heteroatoms. The zero-order valence-corrected chi connectivity index (χ0v) is 49.6. The summed E-state index contributed by atoms with van der Waals surface area (Å²) in [7, 11) is 0. The van der Waals surface area contributed by atoms with Gasteiger partial charge in [0.15, 0.2) is 0 Å². The van der Waals surface area contributed by atoms with Crippen LogP contribution in [-0.2, 0) is 33.6 Å². The Morgan fingerprint density at radius 3 is 0.823 bits per heavy atom. The van der Waals surface area contributed by atoms with Crippen LogP contribution < -0.4 is 60.6 Å². The molecule has 4 unspecified atom stereocenters. The van der Waals surface area contributed by atoms with Crippen molar-refractivity contribution in [1.29, 1.82) is 0 Å². The van der Waals surface area contributed by atoms with Crippen LogP contribution in [-0.4, -0.2) is 116 Å². The molecule has 0 rings (SSSR count). The summed E-state index contributed by atoms with van der Waals surface area (Å²) in [5.74, 6) is -1.66. The summed E-state index contributed by atoms with van der Waals surface area (Å²) in [6, 6.07) is -2.37. The highest BCUT2D eigenvalue weighted by Gasteiger charge is 2.22. The molecule has 0 aliphatic heterocycles. The number of carboxylic acids is 1. The number of rotatable bonds is 59. The lowest BCUT2D eigenvalue weighted by atomic mass is 10.0. The van der Waals surface area contributed by atoms with E-state index in [2.05, 4.69) is 31.9 Å². The van der Waals surface area contributed by atoms with Crippen LogP contribution in [0, 0.1) is 0 Å². The van der Waals surface area contributed by atoms with Gasteiger partial charge in [-0.15, -0.1) is 0 Å². The third-order valence-corrected chi connectivity index (χ3v) is 14.7. The maximum absolute atomic E-state index is 13.1. The number of hydrogen-bond acceptors (Lipinski definition) is 12. The maximum Gasteiger partial charge on any atom is 0.326 e. The molecule has 0 aromatic carbocycles. The van der Waals surface area contributed by atoms with Gasteiger partial charge in [0, 0.05) is 38.9 Å². The molecular weight excluding hydrogens is 1000 g/mol. The van der Waals surface area contributed by atoms with Gasteiger partial charge in [-0.3, -0.25) is 28.8 Å². The van der Waals surface area contributed by atoms with Crippen LogP contribution in [0.5, 0.6) is 0 Å². The van der Waals surface area contributed by atoms with E-state index in [9.17, 15) is 38.7 Å². The van der Waals surface area contributed by atoms with E-state index in [1.807, 2.05) is 0 Å². The number of nitrogens with two attached hydrogens (primary N) is 5. The molecule has 0 aromatic heterocycles. The van der Waals surface area contributed by atoms with Crippen LogP contribution in [0.4, 0.5) is 0 Å². The minimum Gasteiger partial charge on any atom is -0.480 e. The molecule has 0 aromatic rings. The molecule has 17 N–H and O–H groups in total. The monoisotopic (exact) mass is 1120 g/mol. The number of unbranched alkanes of at least 4 members (excludes halogenated alkanes) is 28. The molecule has 462 valence electrons. The molecule has 0 aliphatic rings. The van der Waals surface area contributed by atoms with Gasteiger partial charge in [-0.2, -0.15) is 0 Å². The Labute approximate surface area is 478 Å². The normalized spacial score (nSPS) is 12.8. The Bertz CT molecular complexity index is 1530.